The first-order valence-corrected chi connectivity index (χ1v) is 10.7. The standard InChI is InChI=1S/C22H38N6O.HI/c1-18(2)16-24-22(25-17-21(29)26(3)4)27(5)13-8-19-9-14-28(15-10-19)20-6-11-23-12-7-20;/h6-7,11-12,18-19H,8-10,13-17H2,1-5H3,(H,24,25);1H. The minimum Gasteiger partial charge on any atom is -0.371 e. The van der Waals surface area contributed by atoms with Crippen LogP contribution in [0.15, 0.2) is 29.5 Å². The van der Waals surface area contributed by atoms with Crippen molar-refractivity contribution in [3.05, 3.63) is 24.5 Å². The first kappa shape index (κ1) is 26.5. The fraction of sp³-hybridized carbons (Fsp3) is 0.682. The van der Waals surface area contributed by atoms with Crippen molar-refractivity contribution in [1.82, 2.24) is 20.1 Å². The number of anilines is 1. The summed E-state index contributed by atoms with van der Waals surface area (Å²) in [5, 5.41) is 3.42. The van der Waals surface area contributed by atoms with Gasteiger partial charge in [0, 0.05) is 65.4 Å². The molecule has 2 rings (SSSR count). The number of nitrogens with zero attached hydrogens (tertiary/aromatic N) is 5. The number of aromatic nitrogens is 1. The van der Waals surface area contributed by atoms with E-state index in [0.29, 0.717) is 5.92 Å². The molecule has 7 nitrogen and oxygen atoms in total. The molecule has 0 unspecified atom stereocenters. The molecule has 0 aliphatic carbocycles. The van der Waals surface area contributed by atoms with E-state index < -0.39 is 0 Å². The quantitative estimate of drug-likeness (QED) is 0.318. The molecular formula is C22H39IN6O. The third-order valence-electron chi connectivity index (χ3n) is 5.41. The Morgan fingerprint density at radius 1 is 1.23 bits per heavy atom. The third-order valence-corrected chi connectivity index (χ3v) is 5.41. The van der Waals surface area contributed by atoms with Gasteiger partial charge in [-0.2, -0.15) is 0 Å². The molecule has 1 aromatic heterocycles. The second-order valence-corrected chi connectivity index (χ2v) is 8.55. The van der Waals surface area contributed by atoms with E-state index in [0.717, 1.165) is 44.5 Å². The lowest BCUT2D eigenvalue weighted by Crippen LogP contribution is -2.42. The lowest BCUT2D eigenvalue weighted by atomic mass is 9.93. The Morgan fingerprint density at radius 3 is 2.43 bits per heavy atom. The number of hydrogen-bond acceptors (Lipinski definition) is 4. The summed E-state index contributed by atoms with van der Waals surface area (Å²) >= 11 is 0. The smallest absolute Gasteiger partial charge is 0.243 e. The second kappa shape index (κ2) is 13.7. The first-order valence-electron chi connectivity index (χ1n) is 10.7. The number of piperidine rings is 1. The zero-order valence-corrected chi connectivity index (χ0v) is 21.5. The van der Waals surface area contributed by atoms with Crippen LogP contribution in [0.4, 0.5) is 5.69 Å². The van der Waals surface area contributed by atoms with Gasteiger partial charge in [0.25, 0.3) is 0 Å². The highest BCUT2D eigenvalue weighted by molar-refractivity contribution is 14.0. The summed E-state index contributed by atoms with van der Waals surface area (Å²) in [5.41, 5.74) is 1.27. The van der Waals surface area contributed by atoms with E-state index in [1.165, 1.54) is 18.5 Å². The molecule has 1 saturated heterocycles. The van der Waals surface area contributed by atoms with Crippen LogP contribution in [-0.4, -0.2) is 80.5 Å². The predicted molar refractivity (Wildman–Crippen MR) is 136 cm³/mol. The zero-order chi connectivity index (χ0) is 21.2. The normalized spacial score (nSPS) is 15.0. The van der Waals surface area contributed by atoms with Crippen LogP contribution in [0.25, 0.3) is 0 Å². The molecule has 1 aliphatic heterocycles. The van der Waals surface area contributed by atoms with Gasteiger partial charge in [-0.25, -0.2) is 4.99 Å². The number of nitrogens with one attached hydrogen (secondary N) is 1. The van der Waals surface area contributed by atoms with E-state index in [2.05, 4.69) is 58.1 Å². The van der Waals surface area contributed by atoms with E-state index in [-0.39, 0.29) is 36.4 Å². The maximum Gasteiger partial charge on any atom is 0.243 e. The number of guanidine groups is 1. The van der Waals surface area contributed by atoms with Crippen LogP contribution in [0.3, 0.4) is 0 Å². The lowest BCUT2D eigenvalue weighted by molar-refractivity contribution is -0.127. The molecule has 2 heterocycles. The summed E-state index contributed by atoms with van der Waals surface area (Å²) < 4.78 is 0. The molecule has 0 atom stereocenters. The number of rotatable bonds is 8. The number of hydrogen-bond donors (Lipinski definition) is 1. The third kappa shape index (κ3) is 9.06. The van der Waals surface area contributed by atoms with Gasteiger partial charge in [0.2, 0.25) is 5.91 Å². The Bertz CT molecular complexity index is 644. The molecule has 1 amide bonds. The molecule has 0 aromatic carbocycles. The van der Waals surface area contributed by atoms with Crippen LogP contribution >= 0.6 is 24.0 Å². The Kier molecular flexibility index (Phi) is 12.1. The van der Waals surface area contributed by atoms with Gasteiger partial charge in [0.05, 0.1) is 0 Å². The SMILES string of the molecule is CC(C)CNC(=NCC(=O)N(C)C)N(C)CCC1CCN(c2ccncc2)CC1.I. The van der Waals surface area contributed by atoms with E-state index >= 15 is 0 Å². The molecule has 0 spiro atoms. The number of aliphatic imine (C=N–C) groups is 1. The monoisotopic (exact) mass is 530 g/mol. The van der Waals surface area contributed by atoms with E-state index in [4.69, 9.17) is 0 Å². The highest BCUT2D eigenvalue weighted by atomic mass is 127. The molecule has 1 aromatic rings. The highest BCUT2D eigenvalue weighted by Crippen LogP contribution is 2.24. The average Bonchev–Trinajstić information content (AvgIpc) is 2.72. The number of pyridine rings is 1. The Labute approximate surface area is 199 Å². The van der Waals surface area contributed by atoms with Gasteiger partial charge in [0.15, 0.2) is 5.96 Å². The highest BCUT2D eigenvalue weighted by Gasteiger charge is 2.20. The second-order valence-electron chi connectivity index (χ2n) is 8.55. The van der Waals surface area contributed by atoms with Gasteiger partial charge >= 0.3 is 0 Å². The van der Waals surface area contributed by atoms with Crippen molar-refractivity contribution in [2.75, 3.05) is 58.8 Å². The largest absolute Gasteiger partial charge is 0.371 e. The topological polar surface area (TPSA) is 64.1 Å². The number of halogens is 1. The summed E-state index contributed by atoms with van der Waals surface area (Å²) in [6.45, 7) is 8.52. The molecule has 1 aliphatic rings. The van der Waals surface area contributed by atoms with E-state index in [1.54, 1.807) is 19.0 Å². The van der Waals surface area contributed by atoms with Crippen molar-refractivity contribution in [3.63, 3.8) is 0 Å². The van der Waals surface area contributed by atoms with Crippen molar-refractivity contribution >= 4 is 41.5 Å². The Morgan fingerprint density at radius 2 is 1.87 bits per heavy atom. The van der Waals surface area contributed by atoms with E-state index in [1.807, 2.05) is 12.4 Å². The molecule has 0 saturated carbocycles. The van der Waals surface area contributed by atoms with Gasteiger partial charge in [0.1, 0.15) is 6.54 Å². The molecule has 1 fully saturated rings. The molecular weight excluding hydrogens is 491 g/mol. The van der Waals surface area contributed by atoms with Gasteiger partial charge in [-0.3, -0.25) is 9.78 Å². The summed E-state index contributed by atoms with van der Waals surface area (Å²) in [7, 11) is 5.60. The van der Waals surface area contributed by atoms with Gasteiger partial charge in [-0.15, -0.1) is 24.0 Å². The van der Waals surface area contributed by atoms with Crippen LogP contribution in [0.5, 0.6) is 0 Å². The number of carbonyl (C=O) groups is 1. The summed E-state index contributed by atoms with van der Waals surface area (Å²) in [6.07, 6.45) is 7.29. The van der Waals surface area contributed by atoms with E-state index in [9.17, 15) is 4.79 Å². The van der Waals surface area contributed by atoms with Crippen LogP contribution in [0.2, 0.25) is 0 Å². The summed E-state index contributed by atoms with van der Waals surface area (Å²) in [6, 6.07) is 4.18. The predicted octanol–water partition coefficient (Wildman–Crippen LogP) is 2.93. The molecule has 30 heavy (non-hydrogen) atoms. The van der Waals surface area contributed by atoms with Crippen molar-refractivity contribution < 1.29 is 4.79 Å². The molecule has 8 heteroatoms. The minimum atomic E-state index is 0. The van der Waals surface area contributed by atoms with Crippen molar-refractivity contribution in [1.29, 1.82) is 0 Å². The van der Waals surface area contributed by atoms with Gasteiger partial charge < -0.3 is 20.0 Å². The Hall–Kier alpha value is -1.58. The van der Waals surface area contributed by atoms with Crippen molar-refractivity contribution in [2.45, 2.75) is 33.1 Å². The first-order chi connectivity index (χ1) is 13.9. The van der Waals surface area contributed by atoms with Gasteiger partial charge in [-0.05, 0) is 43.2 Å². The molecule has 0 bridgehead atoms. The van der Waals surface area contributed by atoms with Crippen molar-refractivity contribution in [3.8, 4) is 0 Å². The fourth-order valence-corrected chi connectivity index (χ4v) is 3.41. The molecule has 0 radical (unpaired) electrons. The van der Waals surface area contributed by atoms with Crippen LogP contribution in [-0.2, 0) is 4.79 Å². The maximum atomic E-state index is 11.9. The minimum absolute atomic E-state index is 0. The fourth-order valence-electron chi connectivity index (χ4n) is 3.41. The van der Waals surface area contributed by atoms with Crippen molar-refractivity contribution in [2.24, 2.45) is 16.8 Å². The van der Waals surface area contributed by atoms with Crippen LogP contribution in [0, 0.1) is 11.8 Å². The Balaban J connectivity index is 0.00000450. The number of carbonyl (C=O) groups excluding carboxylic acids is 1. The zero-order valence-electron chi connectivity index (χ0n) is 19.2. The van der Waals surface area contributed by atoms with Crippen LogP contribution in [0.1, 0.15) is 33.1 Å². The maximum absolute atomic E-state index is 11.9. The number of likely N-dealkylation sites (N-methyl/N-ethyl adjacent to an activating group) is 1. The molecule has 170 valence electrons. The van der Waals surface area contributed by atoms with Gasteiger partial charge in [-0.1, -0.05) is 13.8 Å². The summed E-state index contributed by atoms with van der Waals surface area (Å²) in [5.74, 6) is 2.09. The summed E-state index contributed by atoms with van der Waals surface area (Å²) in [4.78, 5) is 26.8. The number of amides is 1. The average molecular weight is 530 g/mol. The lowest BCUT2D eigenvalue weighted by Gasteiger charge is -2.34. The molecule has 1 N–H and O–H groups in total. The van der Waals surface area contributed by atoms with Crippen LogP contribution < -0.4 is 10.2 Å².